The van der Waals surface area contributed by atoms with Crippen molar-refractivity contribution in [1.29, 1.82) is 0 Å². The Morgan fingerprint density at radius 2 is 2.11 bits per heavy atom. The van der Waals surface area contributed by atoms with Crippen molar-refractivity contribution in [2.24, 2.45) is 5.92 Å². The first-order valence-corrected chi connectivity index (χ1v) is 8.80. The van der Waals surface area contributed by atoms with Gasteiger partial charge in [-0.25, -0.2) is 0 Å². The molecule has 1 aromatic carbocycles. The van der Waals surface area contributed by atoms with Gasteiger partial charge in [0.15, 0.2) is 0 Å². The number of amides is 2. The summed E-state index contributed by atoms with van der Waals surface area (Å²) in [6, 6.07) is 4.26. The normalized spacial score (nSPS) is 22.0. The van der Waals surface area contributed by atoms with E-state index in [0.717, 1.165) is 35.8 Å². The molecular weight excluding hydrogens is 361 g/mol. The van der Waals surface area contributed by atoms with Crippen LogP contribution in [0.2, 0.25) is 0 Å². The van der Waals surface area contributed by atoms with Gasteiger partial charge in [-0.1, -0.05) is 18.7 Å². The first-order chi connectivity index (χ1) is 12.8. The third-order valence-electron chi connectivity index (χ3n) is 4.93. The van der Waals surface area contributed by atoms with Crippen molar-refractivity contribution < 1.29 is 27.5 Å². The maximum atomic E-state index is 13.3. The van der Waals surface area contributed by atoms with Crippen molar-refractivity contribution in [3.63, 3.8) is 0 Å². The molecule has 1 N–H and O–H groups in total. The minimum absolute atomic E-state index is 0.0139. The number of carbonyl (C=O) groups excluding carboxylic acids is 2. The summed E-state index contributed by atoms with van der Waals surface area (Å²) in [7, 11) is 0. The average Bonchev–Trinajstić information content (AvgIpc) is 3.06. The topological polar surface area (TPSA) is 58.6 Å². The van der Waals surface area contributed by atoms with Crippen LogP contribution in [0.3, 0.4) is 0 Å². The van der Waals surface area contributed by atoms with Crippen molar-refractivity contribution in [1.82, 2.24) is 10.2 Å². The number of hydrogen-bond donors (Lipinski definition) is 1. The lowest BCUT2D eigenvalue weighted by atomic mass is 10.0. The van der Waals surface area contributed by atoms with Gasteiger partial charge in [-0.3, -0.25) is 9.59 Å². The van der Waals surface area contributed by atoms with Crippen LogP contribution in [0, 0.1) is 5.92 Å². The maximum Gasteiger partial charge on any atom is 0.395 e. The van der Waals surface area contributed by atoms with Gasteiger partial charge in [0.25, 0.3) is 0 Å². The quantitative estimate of drug-likeness (QED) is 0.813. The number of benzene rings is 1. The number of rotatable bonds is 4. The van der Waals surface area contributed by atoms with Gasteiger partial charge in [-0.15, -0.1) is 0 Å². The molecule has 0 aliphatic carbocycles. The molecule has 0 radical (unpaired) electrons. The van der Waals surface area contributed by atoms with E-state index in [-0.39, 0.29) is 13.0 Å². The molecule has 27 heavy (non-hydrogen) atoms. The van der Waals surface area contributed by atoms with Gasteiger partial charge in [0.05, 0.1) is 25.0 Å². The minimum atomic E-state index is -4.50. The lowest BCUT2D eigenvalue weighted by molar-refractivity contribution is -0.175. The number of aryl methyl sites for hydroxylation is 1. The third kappa shape index (κ3) is 4.43. The second-order valence-corrected chi connectivity index (χ2v) is 6.84. The van der Waals surface area contributed by atoms with Gasteiger partial charge in [-0.2, -0.15) is 13.2 Å². The Bertz CT molecular complexity index is 748. The molecule has 1 fully saturated rings. The highest BCUT2D eigenvalue weighted by atomic mass is 19.4. The predicted octanol–water partition coefficient (Wildman–Crippen LogP) is 2.25. The molecule has 5 nitrogen and oxygen atoms in total. The SMILES string of the molecule is C=CC(=O)N[C@@H]1CN(C(=O)Cc2ccc3c(c2)CCCO3)C[C@H]1C(F)(F)F. The summed E-state index contributed by atoms with van der Waals surface area (Å²) in [5.74, 6) is -2.07. The molecule has 8 heteroatoms. The molecule has 2 heterocycles. The van der Waals surface area contributed by atoms with Crippen molar-refractivity contribution in [3.8, 4) is 5.75 Å². The van der Waals surface area contributed by atoms with E-state index in [4.69, 9.17) is 4.74 Å². The highest BCUT2D eigenvalue weighted by Crippen LogP contribution is 2.34. The molecular formula is C19H21F3N2O3. The average molecular weight is 382 g/mol. The molecule has 1 aromatic rings. The molecule has 2 amide bonds. The first kappa shape index (κ1) is 19.3. The maximum absolute atomic E-state index is 13.3. The van der Waals surface area contributed by atoms with Crippen LogP contribution < -0.4 is 10.1 Å². The number of nitrogens with zero attached hydrogens (tertiary/aromatic N) is 1. The number of halogens is 3. The number of hydrogen-bond acceptors (Lipinski definition) is 3. The van der Waals surface area contributed by atoms with E-state index in [0.29, 0.717) is 6.61 Å². The number of alkyl halides is 3. The molecule has 0 unspecified atom stereocenters. The van der Waals surface area contributed by atoms with E-state index in [2.05, 4.69) is 11.9 Å². The number of ether oxygens (including phenoxy) is 1. The smallest absolute Gasteiger partial charge is 0.395 e. The first-order valence-electron chi connectivity index (χ1n) is 8.80. The van der Waals surface area contributed by atoms with Crippen molar-refractivity contribution >= 4 is 11.8 Å². The highest BCUT2D eigenvalue weighted by molar-refractivity contribution is 5.87. The van der Waals surface area contributed by atoms with Crippen LogP contribution in [0.5, 0.6) is 5.75 Å². The fraction of sp³-hybridized carbons (Fsp3) is 0.474. The van der Waals surface area contributed by atoms with Gasteiger partial charge >= 0.3 is 6.18 Å². The Hall–Kier alpha value is -2.51. The summed E-state index contributed by atoms with van der Waals surface area (Å²) in [6.45, 7) is 3.28. The van der Waals surface area contributed by atoms with Gasteiger partial charge in [0.1, 0.15) is 5.75 Å². The third-order valence-corrected chi connectivity index (χ3v) is 4.93. The van der Waals surface area contributed by atoms with Crippen LogP contribution in [0.4, 0.5) is 13.2 Å². The number of carbonyl (C=O) groups is 2. The molecule has 3 rings (SSSR count). The van der Waals surface area contributed by atoms with Crippen LogP contribution in [0.1, 0.15) is 17.5 Å². The van der Waals surface area contributed by atoms with Crippen LogP contribution in [0.25, 0.3) is 0 Å². The standard InChI is InChI=1S/C19H21F3N2O3/c1-2-17(25)23-15-11-24(10-14(15)19(20,21)22)18(26)9-12-5-6-16-13(8-12)4-3-7-27-16/h2,5-6,8,14-15H,1,3-4,7,9-11H2,(H,23,25)/t14-,15-/m1/s1. The Morgan fingerprint density at radius 1 is 1.33 bits per heavy atom. The van der Waals surface area contributed by atoms with Gasteiger partial charge in [-0.05, 0) is 36.1 Å². The van der Waals surface area contributed by atoms with Crippen LogP contribution in [0.15, 0.2) is 30.9 Å². The summed E-state index contributed by atoms with van der Waals surface area (Å²) >= 11 is 0. The summed E-state index contributed by atoms with van der Waals surface area (Å²) in [5.41, 5.74) is 1.75. The lowest BCUT2D eigenvalue weighted by Crippen LogP contribution is -2.44. The number of fused-ring (bicyclic) bond motifs is 1. The van der Waals surface area contributed by atoms with E-state index in [1.165, 1.54) is 4.90 Å². The van der Waals surface area contributed by atoms with E-state index in [1.807, 2.05) is 6.07 Å². The Balaban J connectivity index is 1.69. The predicted molar refractivity (Wildman–Crippen MR) is 92.2 cm³/mol. The summed E-state index contributed by atoms with van der Waals surface area (Å²) in [6.07, 6.45) is -1.81. The molecule has 2 aliphatic rings. The zero-order chi connectivity index (χ0) is 19.6. The van der Waals surface area contributed by atoms with Crippen LogP contribution in [-0.2, 0) is 22.4 Å². The van der Waals surface area contributed by atoms with E-state index in [1.54, 1.807) is 12.1 Å². The monoisotopic (exact) mass is 382 g/mol. The summed E-state index contributed by atoms with van der Waals surface area (Å²) < 4.78 is 45.4. The molecule has 146 valence electrons. The Labute approximate surface area is 155 Å². The second kappa shape index (κ2) is 7.62. The molecule has 0 saturated carbocycles. The lowest BCUT2D eigenvalue weighted by Gasteiger charge is -2.21. The fourth-order valence-electron chi connectivity index (χ4n) is 3.54. The largest absolute Gasteiger partial charge is 0.493 e. The zero-order valence-electron chi connectivity index (χ0n) is 14.7. The van der Waals surface area contributed by atoms with Crippen LogP contribution >= 0.6 is 0 Å². The van der Waals surface area contributed by atoms with E-state index in [9.17, 15) is 22.8 Å². The van der Waals surface area contributed by atoms with Gasteiger partial charge in [0, 0.05) is 13.1 Å². The highest BCUT2D eigenvalue weighted by Gasteiger charge is 2.51. The van der Waals surface area contributed by atoms with E-state index < -0.39 is 36.5 Å². The van der Waals surface area contributed by atoms with Gasteiger partial charge in [0.2, 0.25) is 11.8 Å². The molecule has 2 aliphatic heterocycles. The van der Waals surface area contributed by atoms with Crippen molar-refractivity contribution in [2.75, 3.05) is 19.7 Å². The fourth-order valence-corrected chi connectivity index (χ4v) is 3.54. The molecule has 0 aromatic heterocycles. The van der Waals surface area contributed by atoms with Crippen molar-refractivity contribution in [3.05, 3.63) is 42.0 Å². The Morgan fingerprint density at radius 3 is 2.81 bits per heavy atom. The number of likely N-dealkylation sites (tertiary alicyclic amines) is 1. The molecule has 0 bridgehead atoms. The molecule has 1 saturated heterocycles. The van der Waals surface area contributed by atoms with Crippen molar-refractivity contribution in [2.45, 2.75) is 31.5 Å². The summed E-state index contributed by atoms with van der Waals surface area (Å²) in [5, 5.41) is 2.29. The van der Waals surface area contributed by atoms with Crippen LogP contribution in [-0.4, -0.2) is 48.6 Å². The summed E-state index contributed by atoms with van der Waals surface area (Å²) in [4.78, 5) is 25.2. The second-order valence-electron chi connectivity index (χ2n) is 6.84. The Kier molecular flexibility index (Phi) is 5.43. The van der Waals surface area contributed by atoms with Gasteiger partial charge < -0.3 is 15.0 Å². The minimum Gasteiger partial charge on any atom is -0.493 e. The zero-order valence-corrected chi connectivity index (χ0v) is 14.7. The molecule has 0 spiro atoms. The number of nitrogens with one attached hydrogen (secondary N) is 1. The van der Waals surface area contributed by atoms with E-state index >= 15 is 0 Å². The molecule has 2 atom stereocenters.